The predicted molar refractivity (Wildman–Crippen MR) is 98.2 cm³/mol. The molecule has 3 nitrogen and oxygen atoms in total. The molecule has 0 aliphatic rings. The first-order valence-corrected chi connectivity index (χ1v) is 8.90. The molecular weight excluding hydrogens is 288 g/mol. The van der Waals surface area contributed by atoms with Gasteiger partial charge in [0.25, 0.3) is 0 Å². The van der Waals surface area contributed by atoms with E-state index in [0.29, 0.717) is 31.3 Å². The third-order valence-electron chi connectivity index (χ3n) is 3.36. The number of hydrogen-bond donors (Lipinski definition) is 0. The van der Waals surface area contributed by atoms with Gasteiger partial charge in [0.05, 0.1) is 18.8 Å². The highest BCUT2D eigenvalue weighted by atomic mass is 16.5. The monoisotopic (exact) mass is 324 g/mol. The molecule has 0 aliphatic heterocycles. The first-order chi connectivity index (χ1) is 11.0. The van der Waals surface area contributed by atoms with Gasteiger partial charge < -0.3 is 14.2 Å². The predicted octanol–water partition coefficient (Wildman–Crippen LogP) is 5.34. The van der Waals surface area contributed by atoms with Crippen LogP contribution in [0.5, 0.6) is 5.75 Å². The summed E-state index contributed by atoms with van der Waals surface area (Å²) in [5.74, 6) is 1.57. The second-order valence-electron chi connectivity index (χ2n) is 6.20. The normalized spacial score (nSPS) is 13.2. The molecule has 0 spiro atoms. The maximum atomic E-state index is 5.49. The van der Waals surface area contributed by atoms with Crippen LogP contribution in [-0.4, -0.2) is 32.0 Å². The van der Waals surface area contributed by atoms with Crippen LogP contribution in [0.4, 0.5) is 0 Å². The van der Waals surface area contributed by atoms with Crippen molar-refractivity contribution < 1.29 is 14.2 Å². The fourth-order valence-electron chi connectivity index (χ4n) is 1.52. The van der Waals surface area contributed by atoms with Gasteiger partial charge in [0, 0.05) is 6.61 Å². The summed E-state index contributed by atoms with van der Waals surface area (Å²) in [6, 6.07) is 9.80. The first kappa shape index (κ1) is 21.9. The molecule has 1 aromatic rings. The summed E-state index contributed by atoms with van der Waals surface area (Å²) in [7, 11) is 0. The Labute approximate surface area is 143 Å². The third-order valence-corrected chi connectivity index (χ3v) is 3.36. The van der Waals surface area contributed by atoms with Gasteiger partial charge in [-0.25, -0.2) is 0 Å². The number of hydrogen-bond acceptors (Lipinski definition) is 3. The summed E-state index contributed by atoms with van der Waals surface area (Å²) in [4.78, 5) is 0. The summed E-state index contributed by atoms with van der Waals surface area (Å²) >= 11 is 0. The van der Waals surface area contributed by atoms with E-state index in [2.05, 4.69) is 41.5 Å². The summed E-state index contributed by atoms with van der Waals surface area (Å²) in [5, 5.41) is 0. The zero-order valence-corrected chi connectivity index (χ0v) is 15.9. The Hall–Kier alpha value is -1.06. The van der Waals surface area contributed by atoms with Crippen LogP contribution in [0.3, 0.4) is 0 Å². The van der Waals surface area contributed by atoms with Crippen molar-refractivity contribution in [3.63, 3.8) is 0 Å². The van der Waals surface area contributed by atoms with Crippen LogP contribution in [-0.2, 0) is 9.47 Å². The molecule has 134 valence electrons. The van der Waals surface area contributed by atoms with E-state index >= 15 is 0 Å². The topological polar surface area (TPSA) is 27.7 Å². The Morgan fingerprint density at radius 2 is 1.35 bits per heavy atom. The molecule has 0 fully saturated rings. The average molecular weight is 325 g/mol. The molecule has 1 rings (SSSR count). The van der Waals surface area contributed by atoms with Crippen LogP contribution >= 0.6 is 0 Å². The largest absolute Gasteiger partial charge is 0.491 e. The fraction of sp³-hybridized carbons (Fsp3) is 0.700. The second-order valence-corrected chi connectivity index (χ2v) is 6.20. The van der Waals surface area contributed by atoms with E-state index in [1.165, 1.54) is 0 Å². The number of ether oxygens (including phenoxy) is 3. The minimum atomic E-state index is 0.328. The second kappa shape index (κ2) is 14.5. The molecule has 0 N–H and O–H groups in total. The Morgan fingerprint density at radius 1 is 0.783 bits per heavy atom. The van der Waals surface area contributed by atoms with Gasteiger partial charge in [-0.15, -0.1) is 0 Å². The van der Waals surface area contributed by atoms with Gasteiger partial charge in [0.1, 0.15) is 12.4 Å². The lowest BCUT2D eigenvalue weighted by Crippen LogP contribution is -2.13. The lowest BCUT2D eigenvalue weighted by atomic mass is 10.2. The molecule has 2 unspecified atom stereocenters. The molecule has 0 aliphatic carbocycles. The van der Waals surface area contributed by atoms with Crippen molar-refractivity contribution >= 4 is 0 Å². The summed E-state index contributed by atoms with van der Waals surface area (Å²) in [5.41, 5.74) is 0. The molecule has 0 saturated heterocycles. The van der Waals surface area contributed by atoms with Crippen molar-refractivity contribution in [2.45, 2.75) is 66.6 Å². The SMILES string of the molecule is CCC(C)OCC(C)C.CCC(C)OCCOc1ccccc1. The molecule has 0 saturated carbocycles. The van der Waals surface area contributed by atoms with Crippen LogP contribution in [0.25, 0.3) is 0 Å². The Balaban J connectivity index is 0.000000468. The van der Waals surface area contributed by atoms with Gasteiger partial charge in [0.2, 0.25) is 0 Å². The van der Waals surface area contributed by atoms with E-state index in [9.17, 15) is 0 Å². The maximum absolute atomic E-state index is 5.49. The van der Waals surface area contributed by atoms with E-state index in [-0.39, 0.29) is 0 Å². The lowest BCUT2D eigenvalue weighted by molar-refractivity contribution is 0.0427. The van der Waals surface area contributed by atoms with Crippen molar-refractivity contribution in [1.82, 2.24) is 0 Å². The standard InChI is InChI=1S/C12H18O2.C8H18O/c1-3-11(2)13-9-10-14-12-7-5-4-6-8-12;1-5-8(4)9-6-7(2)3/h4-8,11H,3,9-10H2,1-2H3;7-8H,5-6H2,1-4H3. The Morgan fingerprint density at radius 3 is 1.87 bits per heavy atom. The summed E-state index contributed by atoms with van der Waals surface area (Å²) in [6.45, 7) is 15.0. The van der Waals surface area contributed by atoms with E-state index in [0.717, 1.165) is 25.2 Å². The first-order valence-electron chi connectivity index (χ1n) is 8.90. The van der Waals surface area contributed by atoms with E-state index < -0.39 is 0 Å². The molecule has 2 atom stereocenters. The zero-order chi connectivity index (χ0) is 17.5. The Bertz CT molecular complexity index is 351. The van der Waals surface area contributed by atoms with Crippen molar-refractivity contribution in [2.75, 3.05) is 19.8 Å². The average Bonchev–Trinajstić information content (AvgIpc) is 2.57. The zero-order valence-electron chi connectivity index (χ0n) is 15.9. The van der Waals surface area contributed by atoms with Crippen LogP contribution in [0.1, 0.15) is 54.4 Å². The van der Waals surface area contributed by atoms with Gasteiger partial charge in [-0.2, -0.15) is 0 Å². The molecule has 0 aromatic heterocycles. The summed E-state index contributed by atoms with van der Waals surface area (Å²) in [6.07, 6.45) is 2.93. The maximum Gasteiger partial charge on any atom is 0.119 e. The molecule has 23 heavy (non-hydrogen) atoms. The van der Waals surface area contributed by atoms with Crippen molar-refractivity contribution in [2.24, 2.45) is 5.92 Å². The third kappa shape index (κ3) is 14.3. The van der Waals surface area contributed by atoms with E-state index in [1.807, 2.05) is 30.3 Å². The molecule has 0 amide bonds. The van der Waals surface area contributed by atoms with E-state index in [1.54, 1.807) is 0 Å². The Kier molecular flexibility index (Phi) is 13.9. The van der Waals surface area contributed by atoms with Gasteiger partial charge in [-0.05, 0) is 44.7 Å². The van der Waals surface area contributed by atoms with Gasteiger partial charge in [0.15, 0.2) is 0 Å². The highest BCUT2D eigenvalue weighted by Crippen LogP contribution is 2.07. The van der Waals surface area contributed by atoms with Crippen LogP contribution in [0.2, 0.25) is 0 Å². The number of para-hydroxylation sites is 1. The highest BCUT2D eigenvalue weighted by molar-refractivity contribution is 5.20. The number of benzene rings is 1. The summed E-state index contributed by atoms with van der Waals surface area (Å²) < 4.78 is 16.4. The van der Waals surface area contributed by atoms with Gasteiger partial charge in [-0.3, -0.25) is 0 Å². The minimum absolute atomic E-state index is 0.328. The molecule has 3 heteroatoms. The van der Waals surface area contributed by atoms with E-state index in [4.69, 9.17) is 14.2 Å². The smallest absolute Gasteiger partial charge is 0.119 e. The minimum Gasteiger partial charge on any atom is -0.491 e. The molecule has 0 bridgehead atoms. The number of rotatable bonds is 10. The van der Waals surface area contributed by atoms with Gasteiger partial charge in [-0.1, -0.05) is 45.9 Å². The van der Waals surface area contributed by atoms with Gasteiger partial charge >= 0.3 is 0 Å². The fourth-order valence-corrected chi connectivity index (χ4v) is 1.52. The molecule has 1 aromatic carbocycles. The van der Waals surface area contributed by atoms with Crippen LogP contribution in [0.15, 0.2) is 30.3 Å². The molecular formula is C20H36O3. The van der Waals surface area contributed by atoms with Crippen LogP contribution < -0.4 is 4.74 Å². The quantitative estimate of drug-likeness (QED) is 0.544. The molecule has 0 radical (unpaired) electrons. The van der Waals surface area contributed by atoms with Crippen molar-refractivity contribution in [3.8, 4) is 5.75 Å². The molecule has 0 heterocycles. The lowest BCUT2D eigenvalue weighted by Gasteiger charge is -2.11. The highest BCUT2D eigenvalue weighted by Gasteiger charge is 1.99. The van der Waals surface area contributed by atoms with Crippen LogP contribution in [0, 0.1) is 5.92 Å². The van der Waals surface area contributed by atoms with Crippen molar-refractivity contribution in [3.05, 3.63) is 30.3 Å². The van der Waals surface area contributed by atoms with Crippen molar-refractivity contribution in [1.29, 1.82) is 0 Å².